The van der Waals surface area contributed by atoms with Crippen LogP contribution >= 0.6 is 11.3 Å². The Labute approximate surface area is 291 Å². The second-order valence-corrected chi connectivity index (χ2v) is 13.3. The van der Waals surface area contributed by atoms with Gasteiger partial charge < -0.3 is 4.42 Å². The molecule has 0 N–H and O–H groups in total. The zero-order valence-corrected chi connectivity index (χ0v) is 27.4. The fourth-order valence-electron chi connectivity index (χ4n) is 6.75. The first-order chi connectivity index (χ1) is 24.8. The van der Waals surface area contributed by atoms with Gasteiger partial charge in [0.1, 0.15) is 11.2 Å². The normalized spacial score (nSPS) is 11.6. The highest BCUT2D eigenvalue weighted by Crippen LogP contribution is 2.42. The summed E-state index contributed by atoms with van der Waals surface area (Å²) in [6, 6.07) is 53.7. The molecule has 4 heterocycles. The van der Waals surface area contributed by atoms with Crippen molar-refractivity contribution in [2.24, 2.45) is 0 Å². The minimum Gasteiger partial charge on any atom is -0.456 e. The van der Waals surface area contributed by atoms with Crippen molar-refractivity contribution >= 4 is 53.6 Å². The molecule has 4 aromatic heterocycles. The molecule has 0 aliphatic rings. The molecule has 0 bridgehead atoms. The Morgan fingerprint density at radius 1 is 0.440 bits per heavy atom. The molecule has 6 aromatic carbocycles. The highest BCUT2D eigenvalue weighted by Gasteiger charge is 2.20. The Bertz CT molecular complexity index is 2810. The number of aromatic nitrogens is 4. The molecule has 5 nitrogen and oxygen atoms in total. The van der Waals surface area contributed by atoms with E-state index in [1.165, 1.54) is 4.70 Å². The molecule has 0 saturated carbocycles. The van der Waals surface area contributed by atoms with E-state index in [-0.39, 0.29) is 0 Å². The monoisotopic (exact) mass is 658 g/mol. The molecule has 0 amide bonds. The van der Waals surface area contributed by atoms with Gasteiger partial charge in [0.15, 0.2) is 11.6 Å². The van der Waals surface area contributed by atoms with Gasteiger partial charge in [0.05, 0.1) is 27.3 Å². The second-order valence-electron chi connectivity index (χ2n) is 12.2. The van der Waals surface area contributed by atoms with E-state index in [1.807, 2.05) is 72.8 Å². The summed E-state index contributed by atoms with van der Waals surface area (Å²) in [7, 11) is 0. The van der Waals surface area contributed by atoms with Crippen LogP contribution in [0.4, 0.5) is 0 Å². The Kier molecular flexibility index (Phi) is 6.60. The van der Waals surface area contributed by atoms with Gasteiger partial charge in [-0.15, -0.1) is 11.3 Å². The van der Waals surface area contributed by atoms with Crippen molar-refractivity contribution in [2.45, 2.75) is 0 Å². The van der Waals surface area contributed by atoms with Gasteiger partial charge in [-0.1, -0.05) is 121 Å². The number of benzene rings is 6. The molecule has 0 spiro atoms. The van der Waals surface area contributed by atoms with Crippen LogP contribution in [0.5, 0.6) is 0 Å². The van der Waals surface area contributed by atoms with Crippen LogP contribution in [0.25, 0.3) is 98.8 Å². The quantitative estimate of drug-likeness (QED) is 0.184. The van der Waals surface area contributed by atoms with Crippen molar-refractivity contribution in [1.82, 2.24) is 19.9 Å². The minimum absolute atomic E-state index is 0.672. The molecular formula is C44H26N4OS. The zero-order valence-electron chi connectivity index (χ0n) is 26.6. The largest absolute Gasteiger partial charge is 0.456 e. The first-order valence-corrected chi connectivity index (χ1v) is 17.3. The van der Waals surface area contributed by atoms with Crippen molar-refractivity contribution in [2.75, 3.05) is 0 Å². The lowest BCUT2D eigenvalue weighted by atomic mass is 10.0. The number of rotatable bonds is 5. The van der Waals surface area contributed by atoms with Gasteiger partial charge in [0, 0.05) is 48.7 Å². The molecule has 0 saturated heterocycles. The summed E-state index contributed by atoms with van der Waals surface area (Å²) >= 11 is 1.74. The van der Waals surface area contributed by atoms with Crippen LogP contribution in [0, 0.1) is 0 Å². The Morgan fingerprint density at radius 3 is 1.92 bits per heavy atom. The van der Waals surface area contributed by atoms with Gasteiger partial charge >= 0.3 is 0 Å². The molecule has 10 aromatic rings. The van der Waals surface area contributed by atoms with E-state index >= 15 is 0 Å². The number of thiophene rings is 1. The zero-order chi connectivity index (χ0) is 33.0. The lowest BCUT2D eigenvalue weighted by Crippen LogP contribution is -1.96. The molecule has 50 heavy (non-hydrogen) atoms. The van der Waals surface area contributed by atoms with Crippen molar-refractivity contribution in [1.29, 1.82) is 0 Å². The number of fused-ring (bicyclic) bond motifs is 6. The van der Waals surface area contributed by atoms with E-state index in [2.05, 4.69) is 84.9 Å². The molecule has 0 fully saturated rings. The average Bonchev–Trinajstić information content (AvgIpc) is 3.76. The van der Waals surface area contributed by atoms with Crippen LogP contribution < -0.4 is 0 Å². The topological polar surface area (TPSA) is 64.7 Å². The van der Waals surface area contributed by atoms with E-state index in [0.29, 0.717) is 11.6 Å². The summed E-state index contributed by atoms with van der Waals surface area (Å²) in [6.07, 6.45) is 0. The Hall–Kier alpha value is -6.50. The molecule has 10 rings (SSSR count). The predicted molar refractivity (Wildman–Crippen MR) is 205 cm³/mol. The SMILES string of the molecule is c1ccc(-c2cc(-c3cccc4oc5ccc(-c6nc(-c7ccccc7)c7sc8ccccc8c7n6)cc5c34)nc(-c3ccccc3)n2)cc1. The first-order valence-electron chi connectivity index (χ1n) is 16.5. The minimum atomic E-state index is 0.672. The van der Waals surface area contributed by atoms with E-state index in [9.17, 15) is 0 Å². The Morgan fingerprint density at radius 2 is 1.12 bits per heavy atom. The highest BCUT2D eigenvalue weighted by atomic mass is 32.1. The van der Waals surface area contributed by atoms with Gasteiger partial charge in [-0.05, 0) is 36.4 Å². The van der Waals surface area contributed by atoms with Crippen LogP contribution in [0.1, 0.15) is 0 Å². The molecular weight excluding hydrogens is 633 g/mol. The van der Waals surface area contributed by atoms with Gasteiger partial charge in [-0.3, -0.25) is 0 Å². The van der Waals surface area contributed by atoms with E-state index in [1.54, 1.807) is 11.3 Å². The molecule has 234 valence electrons. The molecule has 0 aliphatic carbocycles. The number of furan rings is 1. The van der Waals surface area contributed by atoms with Crippen molar-refractivity contribution < 1.29 is 4.42 Å². The first kappa shape index (κ1) is 28.5. The predicted octanol–water partition coefficient (Wildman–Crippen LogP) is 11.9. The van der Waals surface area contributed by atoms with Crippen molar-refractivity contribution in [3.63, 3.8) is 0 Å². The maximum absolute atomic E-state index is 6.46. The third kappa shape index (κ3) is 4.77. The molecule has 0 radical (unpaired) electrons. The van der Waals surface area contributed by atoms with Gasteiger partial charge in [0.2, 0.25) is 0 Å². The lowest BCUT2D eigenvalue weighted by molar-refractivity contribution is 0.669. The second kappa shape index (κ2) is 11.6. The summed E-state index contributed by atoms with van der Waals surface area (Å²) in [6.45, 7) is 0. The molecule has 0 unspecified atom stereocenters. The summed E-state index contributed by atoms with van der Waals surface area (Å²) in [5, 5.41) is 3.11. The van der Waals surface area contributed by atoms with Crippen LogP contribution in [-0.4, -0.2) is 19.9 Å². The van der Waals surface area contributed by atoms with Crippen LogP contribution in [-0.2, 0) is 0 Å². The van der Waals surface area contributed by atoms with Crippen LogP contribution in [0.15, 0.2) is 162 Å². The van der Waals surface area contributed by atoms with E-state index in [4.69, 9.17) is 24.4 Å². The number of hydrogen-bond acceptors (Lipinski definition) is 6. The number of nitrogens with zero attached hydrogens (tertiary/aromatic N) is 4. The molecule has 0 aliphatic heterocycles. The van der Waals surface area contributed by atoms with Gasteiger partial charge in [-0.2, -0.15) is 0 Å². The van der Waals surface area contributed by atoms with Crippen molar-refractivity contribution in [3.8, 4) is 56.5 Å². The van der Waals surface area contributed by atoms with Crippen molar-refractivity contribution in [3.05, 3.63) is 158 Å². The van der Waals surface area contributed by atoms with E-state index in [0.717, 1.165) is 82.4 Å². The third-order valence-electron chi connectivity index (χ3n) is 9.12. The summed E-state index contributed by atoms with van der Waals surface area (Å²) in [5.41, 5.74) is 10.1. The summed E-state index contributed by atoms with van der Waals surface area (Å²) in [4.78, 5) is 20.6. The fourth-order valence-corrected chi connectivity index (χ4v) is 7.90. The fraction of sp³-hybridized carbons (Fsp3) is 0. The average molecular weight is 659 g/mol. The van der Waals surface area contributed by atoms with Gasteiger partial charge in [-0.25, -0.2) is 19.9 Å². The van der Waals surface area contributed by atoms with Crippen LogP contribution in [0.3, 0.4) is 0 Å². The Balaban J connectivity index is 1.20. The standard InChI is InChI=1S/C44H26N4OS/c1-4-13-27(14-5-1)34-26-35(46-43(45-34)29-17-8-3-9-18-29)31-20-12-21-37-39(31)33-25-30(23-24-36(33)49-37)44-47-40(28-15-6-2-7-16-28)42-41(48-44)32-19-10-11-22-38(32)50-42/h1-26H. The van der Waals surface area contributed by atoms with E-state index < -0.39 is 0 Å². The maximum Gasteiger partial charge on any atom is 0.160 e. The van der Waals surface area contributed by atoms with Gasteiger partial charge in [0.25, 0.3) is 0 Å². The maximum atomic E-state index is 6.46. The molecule has 6 heteroatoms. The highest BCUT2D eigenvalue weighted by molar-refractivity contribution is 7.26. The van der Waals surface area contributed by atoms with Crippen LogP contribution in [0.2, 0.25) is 0 Å². The molecule has 0 atom stereocenters. The summed E-state index contributed by atoms with van der Waals surface area (Å²) in [5.74, 6) is 1.35. The lowest BCUT2D eigenvalue weighted by Gasteiger charge is -2.10. The summed E-state index contributed by atoms with van der Waals surface area (Å²) < 4.78 is 8.75. The number of hydrogen-bond donors (Lipinski definition) is 0. The third-order valence-corrected chi connectivity index (χ3v) is 10.3. The smallest absolute Gasteiger partial charge is 0.160 e.